The molecule has 0 saturated heterocycles. The first-order valence-electron chi connectivity index (χ1n) is 12.1. The van der Waals surface area contributed by atoms with Crippen LogP contribution in [0.1, 0.15) is 25.0 Å². The van der Waals surface area contributed by atoms with Gasteiger partial charge in [-0.1, -0.05) is 70.0 Å². The summed E-state index contributed by atoms with van der Waals surface area (Å²) < 4.78 is 27.4. The standard InChI is InChI=1S/C28H31BrClN3O4S/c1-20(2)31-28(35)26(17-21-8-5-4-6-9-21)32(18-22-10-7-11-23(29)16-22)27(34)19-33(38(3,36)37)25-14-12-24(30)13-15-25/h4-16,20,26H,17-19H2,1-3H3,(H,31,35)/t26-/m1/s1. The molecule has 0 radical (unpaired) electrons. The molecule has 0 fully saturated rings. The highest BCUT2D eigenvalue weighted by Gasteiger charge is 2.33. The van der Waals surface area contributed by atoms with Crippen molar-refractivity contribution >= 4 is 55.1 Å². The molecule has 3 rings (SSSR count). The molecule has 0 spiro atoms. The second-order valence-corrected chi connectivity index (χ2v) is 12.5. The summed E-state index contributed by atoms with van der Waals surface area (Å²) in [6.07, 6.45) is 1.30. The molecule has 0 aromatic heterocycles. The molecular weight excluding hydrogens is 590 g/mol. The van der Waals surface area contributed by atoms with Gasteiger partial charge < -0.3 is 10.2 Å². The summed E-state index contributed by atoms with van der Waals surface area (Å²) in [5.41, 5.74) is 1.97. The lowest BCUT2D eigenvalue weighted by Gasteiger charge is -2.34. The van der Waals surface area contributed by atoms with Crippen molar-refractivity contribution in [1.82, 2.24) is 10.2 Å². The van der Waals surface area contributed by atoms with E-state index in [1.165, 1.54) is 4.90 Å². The van der Waals surface area contributed by atoms with Crippen molar-refractivity contribution in [2.45, 2.75) is 38.9 Å². The highest BCUT2D eigenvalue weighted by atomic mass is 79.9. The number of hydrogen-bond donors (Lipinski definition) is 1. The summed E-state index contributed by atoms with van der Waals surface area (Å²) in [6.45, 7) is 3.34. The maximum atomic E-state index is 14.0. The number of benzene rings is 3. The van der Waals surface area contributed by atoms with E-state index in [4.69, 9.17) is 11.6 Å². The molecule has 0 aliphatic rings. The van der Waals surface area contributed by atoms with Crippen molar-refractivity contribution in [3.8, 4) is 0 Å². The van der Waals surface area contributed by atoms with E-state index in [0.29, 0.717) is 10.7 Å². The Labute approximate surface area is 238 Å². The number of nitrogens with zero attached hydrogens (tertiary/aromatic N) is 2. The van der Waals surface area contributed by atoms with Crippen LogP contribution in [0.4, 0.5) is 5.69 Å². The van der Waals surface area contributed by atoms with Gasteiger partial charge in [0.2, 0.25) is 21.8 Å². The zero-order valence-electron chi connectivity index (χ0n) is 21.5. The number of anilines is 1. The van der Waals surface area contributed by atoms with E-state index in [1.807, 2.05) is 68.4 Å². The van der Waals surface area contributed by atoms with Gasteiger partial charge in [0.25, 0.3) is 0 Å². The van der Waals surface area contributed by atoms with E-state index in [-0.39, 0.29) is 24.9 Å². The number of hydrogen-bond acceptors (Lipinski definition) is 4. The third-order valence-electron chi connectivity index (χ3n) is 5.74. The van der Waals surface area contributed by atoms with Crippen molar-refractivity contribution in [3.05, 3.63) is 99.5 Å². The summed E-state index contributed by atoms with van der Waals surface area (Å²) in [6, 6.07) is 22.1. The Kier molecular flexibility index (Phi) is 10.4. The Morgan fingerprint density at radius 3 is 2.16 bits per heavy atom. The number of halogens is 2. The van der Waals surface area contributed by atoms with E-state index in [1.54, 1.807) is 24.3 Å². The molecule has 2 amide bonds. The molecule has 1 N–H and O–H groups in total. The molecular formula is C28H31BrClN3O4S. The monoisotopic (exact) mass is 619 g/mol. The van der Waals surface area contributed by atoms with Crippen LogP contribution in [0.2, 0.25) is 5.02 Å². The maximum absolute atomic E-state index is 14.0. The summed E-state index contributed by atoms with van der Waals surface area (Å²) in [7, 11) is -3.83. The third-order valence-corrected chi connectivity index (χ3v) is 7.62. The van der Waals surface area contributed by atoms with Gasteiger partial charge in [0.05, 0.1) is 11.9 Å². The van der Waals surface area contributed by atoms with Crippen molar-refractivity contribution in [2.75, 3.05) is 17.1 Å². The average molecular weight is 621 g/mol. The van der Waals surface area contributed by atoms with Gasteiger partial charge >= 0.3 is 0 Å². The Morgan fingerprint density at radius 2 is 1.58 bits per heavy atom. The lowest BCUT2D eigenvalue weighted by atomic mass is 10.0. The fourth-order valence-corrected chi connectivity index (χ4v) is 5.41. The Balaban J connectivity index is 2.05. The molecule has 0 aliphatic heterocycles. The first-order valence-corrected chi connectivity index (χ1v) is 15.1. The number of amides is 2. The molecule has 10 heteroatoms. The van der Waals surface area contributed by atoms with E-state index in [0.717, 1.165) is 26.2 Å². The molecule has 0 aliphatic carbocycles. The van der Waals surface area contributed by atoms with Gasteiger partial charge in [-0.25, -0.2) is 8.42 Å². The predicted molar refractivity (Wildman–Crippen MR) is 156 cm³/mol. The molecule has 0 heterocycles. The normalized spacial score (nSPS) is 12.2. The molecule has 38 heavy (non-hydrogen) atoms. The van der Waals surface area contributed by atoms with E-state index >= 15 is 0 Å². The first-order chi connectivity index (χ1) is 17.9. The van der Waals surface area contributed by atoms with Crippen LogP contribution in [0.25, 0.3) is 0 Å². The summed E-state index contributed by atoms with van der Waals surface area (Å²) >= 11 is 9.46. The molecule has 3 aromatic carbocycles. The molecule has 202 valence electrons. The third kappa shape index (κ3) is 8.58. The molecule has 1 atom stereocenters. The van der Waals surface area contributed by atoms with Crippen molar-refractivity contribution in [2.24, 2.45) is 0 Å². The minimum atomic E-state index is -3.83. The Morgan fingerprint density at radius 1 is 0.947 bits per heavy atom. The second kappa shape index (κ2) is 13.3. The van der Waals surface area contributed by atoms with Gasteiger partial charge in [-0.05, 0) is 61.4 Å². The zero-order valence-corrected chi connectivity index (χ0v) is 24.6. The highest BCUT2D eigenvalue weighted by molar-refractivity contribution is 9.10. The van der Waals surface area contributed by atoms with Crippen LogP contribution in [0, 0.1) is 0 Å². The van der Waals surface area contributed by atoms with E-state index in [2.05, 4.69) is 21.2 Å². The van der Waals surface area contributed by atoms with Crippen LogP contribution in [0.5, 0.6) is 0 Å². The number of carbonyl (C=O) groups excluding carboxylic acids is 2. The lowest BCUT2D eigenvalue weighted by Crippen LogP contribution is -2.54. The van der Waals surface area contributed by atoms with Crippen LogP contribution in [-0.4, -0.2) is 50.0 Å². The van der Waals surface area contributed by atoms with Gasteiger partial charge in [0.1, 0.15) is 12.6 Å². The van der Waals surface area contributed by atoms with Gasteiger partial charge in [-0.2, -0.15) is 0 Å². The maximum Gasteiger partial charge on any atom is 0.244 e. The summed E-state index contributed by atoms with van der Waals surface area (Å²) in [5.74, 6) is -0.824. The van der Waals surface area contributed by atoms with Crippen LogP contribution in [0.3, 0.4) is 0 Å². The number of rotatable bonds is 11. The van der Waals surface area contributed by atoms with Crippen LogP contribution >= 0.6 is 27.5 Å². The predicted octanol–water partition coefficient (Wildman–Crippen LogP) is 5.03. The average Bonchev–Trinajstić information content (AvgIpc) is 2.85. The fourth-order valence-electron chi connectivity index (χ4n) is 3.99. The zero-order chi connectivity index (χ0) is 27.9. The van der Waals surface area contributed by atoms with E-state index < -0.39 is 28.5 Å². The van der Waals surface area contributed by atoms with Gasteiger partial charge in [-0.3, -0.25) is 13.9 Å². The number of carbonyl (C=O) groups is 2. The Bertz CT molecular complexity index is 1350. The first kappa shape index (κ1) is 29.7. The topological polar surface area (TPSA) is 86.8 Å². The van der Waals surface area contributed by atoms with Crippen molar-refractivity contribution in [3.63, 3.8) is 0 Å². The summed E-state index contributed by atoms with van der Waals surface area (Å²) in [4.78, 5) is 28.9. The molecule has 3 aromatic rings. The van der Waals surface area contributed by atoms with Crippen LogP contribution < -0.4 is 9.62 Å². The lowest BCUT2D eigenvalue weighted by molar-refractivity contribution is -0.140. The highest BCUT2D eigenvalue weighted by Crippen LogP contribution is 2.23. The molecule has 0 bridgehead atoms. The fraction of sp³-hybridized carbons (Fsp3) is 0.286. The van der Waals surface area contributed by atoms with Gasteiger partial charge in [-0.15, -0.1) is 0 Å². The molecule has 0 saturated carbocycles. The van der Waals surface area contributed by atoms with Crippen LogP contribution in [-0.2, 0) is 32.6 Å². The molecule has 7 nitrogen and oxygen atoms in total. The smallest absolute Gasteiger partial charge is 0.244 e. The quantitative estimate of drug-likeness (QED) is 0.326. The van der Waals surface area contributed by atoms with E-state index in [9.17, 15) is 18.0 Å². The van der Waals surface area contributed by atoms with Crippen LogP contribution in [0.15, 0.2) is 83.3 Å². The Hall–Kier alpha value is -2.88. The van der Waals surface area contributed by atoms with Gasteiger partial charge in [0, 0.05) is 28.5 Å². The minimum absolute atomic E-state index is 0.111. The number of sulfonamides is 1. The molecule has 0 unspecified atom stereocenters. The van der Waals surface area contributed by atoms with Crippen molar-refractivity contribution < 1.29 is 18.0 Å². The largest absolute Gasteiger partial charge is 0.352 e. The number of nitrogens with one attached hydrogen (secondary N) is 1. The second-order valence-electron chi connectivity index (χ2n) is 9.27. The SMILES string of the molecule is CC(C)NC(=O)[C@@H](Cc1ccccc1)N(Cc1cccc(Br)c1)C(=O)CN(c1ccc(Cl)cc1)S(C)(=O)=O. The van der Waals surface area contributed by atoms with Crippen molar-refractivity contribution in [1.29, 1.82) is 0 Å². The van der Waals surface area contributed by atoms with Gasteiger partial charge in [0.15, 0.2) is 0 Å². The minimum Gasteiger partial charge on any atom is -0.352 e. The summed E-state index contributed by atoms with van der Waals surface area (Å²) in [5, 5.41) is 3.37.